The molecule has 3 nitrogen and oxygen atoms in total. The van der Waals surface area contributed by atoms with Crippen LogP contribution in [0.15, 0.2) is 30.5 Å². The molecule has 1 aliphatic rings. The molecule has 0 bridgehead atoms. The lowest BCUT2D eigenvalue weighted by molar-refractivity contribution is 0.160. The van der Waals surface area contributed by atoms with Crippen molar-refractivity contribution in [2.24, 2.45) is 5.92 Å². The largest absolute Gasteiger partial charge is 0.493 e. The zero-order chi connectivity index (χ0) is 12.4. The van der Waals surface area contributed by atoms with E-state index in [-0.39, 0.29) is 0 Å². The Hall–Kier alpha value is -1.48. The molecule has 96 valence electrons. The number of hydrogen-bond donors (Lipinski definition) is 1. The van der Waals surface area contributed by atoms with E-state index in [4.69, 9.17) is 4.74 Å². The number of likely N-dealkylation sites (tertiary alicyclic amines) is 1. The first-order valence-corrected chi connectivity index (χ1v) is 6.70. The van der Waals surface area contributed by atoms with Crippen LogP contribution in [0.2, 0.25) is 0 Å². The molecule has 3 rings (SSSR count). The predicted molar refractivity (Wildman–Crippen MR) is 74.0 cm³/mol. The summed E-state index contributed by atoms with van der Waals surface area (Å²) in [5.74, 6) is 1.70. The molecule has 0 saturated carbocycles. The van der Waals surface area contributed by atoms with Crippen molar-refractivity contribution in [2.75, 3.05) is 26.7 Å². The van der Waals surface area contributed by atoms with Gasteiger partial charge >= 0.3 is 0 Å². The van der Waals surface area contributed by atoms with Crippen molar-refractivity contribution in [1.29, 1.82) is 0 Å². The van der Waals surface area contributed by atoms with Crippen LogP contribution >= 0.6 is 0 Å². The average molecular weight is 244 g/mol. The van der Waals surface area contributed by atoms with Crippen LogP contribution in [0.5, 0.6) is 5.75 Å². The first-order valence-electron chi connectivity index (χ1n) is 6.70. The second-order valence-corrected chi connectivity index (χ2v) is 5.28. The molecule has 1 aromatic carbocycles. The standard InChI is InChI=1S/C15H20N2O/c1-17-8-5-12(6-9-17)11-18-14-2-3-15-13(10-14)4-7-16-15/h2-4,7,10,12,16H,5-6,8-9,11H2,1H3. The van der Waals surface area contributed by atoms with E-state index in [1.807, 2.05) is 12.3 Å². The minimum absolute atomic E-state index is 0.711. The van der Waals surface area contributed by atoms with Crippen LogP contribution in [0.1, 0.15) is 12.8 Å². The lowest BCUT2D eigenvalue weighted by Crippen LogP contribution is -2.32. The number of ether oxygens (including phenoxy) is 1. The summed E-state index contributed by atoms with van der Waals surface area (Å²) in [4.78, 5) is 5.59. The number of nitrogens with zero attached hydrogens (tertiary/aromatic N) is 1. The molecule has 1 aromatic heterocycles. The lowest BCUT2D eigenvalue weighted by atomic mass is 9.98. The van der Waals surface area contributed by atoms with Crippen molar-refractivity contribution >= 4 is 10.9 Å². The minimum atomic E-state index is 0.711. The van der Waals surface area contributed by atoms with Crippen LogP contribution in [0.25, 0.3) is 10.9 Å². The van der Waals surface area contributed by atoms with Gasteiger partial charge in [-0.15, -0.1) is 0 Å². The SMILES string of the molecule is CN1CCC(COc2ccc3[nH]ccc3c2)CC1. The Labute approximate surface area is 108 Å². The molecule has 18 heavy (non-hydrogen) atoms. The van der Waals surface area contributed by atoms with Gasteiger partial charge in [-0.25, -0.2) is 0 Å². The second-order valence-electron chi connectivity index (χ2n) is 5.28. The Morgan fingerprint density at radius 2 is 2.11 bits per heavy atom. The molecule has 1 fully saturated rings. The zero-order valence-corrected chi connectivity index (χ0v) is 10.9. The third-order valence-corrected chi connectivity index (χ3v) is 3.85. The van der Waals surface area contributed by atoms with Crippen molar-refractivity contribution in [2.45, 2.75) is 12.8 Å². The maximum absolute atomic E-state index is 5.93. The smallest absolute Gasteiger partial charge is 0.120 e. The summed E-state index contributed by atoms with van der Waals surface area (Å²) in [5, 5.41) is 1.22. The molecule has 0 unspecified atom stereocenters. The minimum Gasteiger partial charge on any atom is -0.493 e. The number of benzene rings is 1. The number of nitrogens with one attached hydrogen (secondary N) is 1. The average Bonchev–Trinajstić information content (AvgIpc) is 2.85. The van der Waals surface area contributed by atoms with Gasteiger partial charge < -0.3 is 14.6 Å². The second kappa shape index (κ2) is 5.02. The third-order valence-electron chi connectivity index (χ3n) is 3.85. The van der Waals surface area contributed by atoms with E-state index >= 15 is 0 Å². The monoisotopic (exact) mass is 244 g/mol. The number of aromatic amines is 1. The highest BCUT2D eigenvalue weighted by Crippen LogP contribution is 2.22. The Morgan fingerprint density at radius 3 is 2.94 bits per heavy atom. The van der Waals surface area contributed by atoms with Gasteiger partial charge in [0.2, 0.25) is 0 Å². The normalized spacial score (nSPS) is 18.3. The highest BCUT2D eigenvalue weighted by molar-refractivity contribution is 5.80. The Bertz CT molecular complexity index is 512. The van der Waals surface area contributed by atoms with Gasteiger partial charge in [-0.2, -0.15) is 0 Å². The number of fused-ring (bicyclic) bond motifs is 1. The first kappa shape index (κ1) is 11.6. The van der Waals surface area contributed by atoms with Crippen molar-refractivity contribution in [3.8, 4) is 5.75 Å². The summed E-state index contributed by atoms with van der Waals surface area (Å²) in [7, 11) is 2.19. The molecule has 0 aliphatic carbocycles. The van der Waals surface area contributed by atoms with E-state index in [9.17, 15) is 0 Å². The molecule has 0 atom stereocenters. The fourth-order valence-electron chi connectivity index (χ4n) is 2.56. The van der Waals surface area contributed by atoms with Crippen LogP contribution in [-0.4, -0.2) is 36.6 Å². The number of H-pyrrole nitrogens is 1. The number of rotatable bonds is 3. The quantitative estimate of drug-likeness (QED) is 0.899. The van der Waals surface area contributed by atoms with Crippen LogP contribution in [0.4, 0.5) is 0 Å². The summed E-state index contributed by atoms with van der Waals surface area (Å²) in [5.41, 5.74) is 1.17. The fraction of sp³-hybridized carbons (Fsp3) is 0.467. The summed E-state index contributed by atoms with van der Waals surface area (Å²) >= 11 is 0. The highest BCUT2D eigenvalue weighted by Gasteiger charge is 2.17. The summed E-state index contributed by atoms with van der Waals surface area (Å²) in [6.45, 7) is 3.25. The third kappa shape index (κ3) is 2.51. The zero-order valence-electron chi connectivity index (χ0n) is 10.9. The predicted octanol–water partition coefficient (Wildman–Crippen LogP) is 2.89. The van der Waals surface area contributed by atoms with Crippen LogP contribution in [0, 0.1) is 5.92 Å². The topological polar surface area (TPSA) is 28.3 Å². The van der Waals surface area contributed by atoms with Gasteiger partial charge in [0.1, 0.15) is 5.75 Å². The van der Waals surface area contributed by atoms with Crippen LogP contribution in [-0.2, 0) is 0 Å². The van der Waals surface area contributed by atoms with E-state index in [1.165, 1.54) is 36.8 Å². The van der Waals surface area contributed by atoms with Crippen LogP contribution < -0.4 is 4.74 Å². The van der Waals surface area contributed by atoms with Gasteiger partial charge in [-0.3, -0.25) is 0 Å². The lowest BCUT2D eigenvalue weighted by Gasteiger charge is -2.28. The molecular formula is C15H20N2O. The summed E-state index contributed by atoms with van der Waals surface area (Å²) in [6, 6.07) is 8.33. The fourth-order valence-corrected chi connectivity index (χ4v) is 2.56. The molecule has 3 heteroatoms. The molecule has 0 radical (unpaired) electrons. The van der Waals surface area contributed by atoms with Crippen molar-refractivity contribution in [3.05, 3.63) is 30.5 Å². The molecular weight excluding hydrogens is 224 g/mol. The van der Waals surface area contributed by atoms with Gasteiger partial charge in [0.15, 0.2) is 0 Å². The van der Waals surface area contributed by atoms with E-state index < -0.39 is 0 Å². The van der Waals surface area contributed by atoms with Crippen LogP contribution in [0.3, 0.4) is 0 Å². The van der Waals surface area contributed by atoms with Gasteiger partial charge in [-0.05, 0) is 63.2 Å². The Morgan fingerprint density at radius 1 is 1.28 bits per heavy atom. The maximum atomic E-state index is 5.93. The molecule has 0 amide bonds. The van der Waals surface area contributed by atoms with E-state index in [2.05, 4.69) is 35.1 Å². The van der Waals surface area contributed by atoms with E-state index in [1.54, 1.807) is 0 Å². The van der Waals surface area contributed by atoms with Gasteiger partial charge in [0.25, 0.3) is 0 Å². The Kier molecular flexibility index (Phi) is 3.24. The van der Waals surface area contributed by atoms with Gasteiger partial charge in [-0.1, -0.05) is 0 Å². The van der Waals surface area contributed by atoms with E-state index in [0.717, 1.165) is 12.4 Å². The van der Waals surface area contributed by atoms with Gasteiger partial charge in [0, 0.05) is 17.1 Å². The number of hydrogen-bond acceptors (Lipinski definition) is 2. The molecule has 1 aliphatic heterocycles. The van der Waals surface area contributed by atoms with Crippen molar-refractivity contribution in [1.82, 2.24) is 9.88 Å². The Balaban J connectivity index is 1.59. The molecule has 1 N–H and O–H groups in total. The molecule has 2 heterocycles. The summed E-state index contributed by atoms with van der Waals surface area (Å²) < 4.78 is 5.93. The number of aromatic nitrogens is 1. The molecule has 2 aromatic rings. The van der Waals surface area contributed by atoms with E-state index in [0.29, 0.717) is 5.92 Å². The van der Waals surface area contributed by atoms with Crippen molar-refractivity contribution in [3.63, 3.8) is 0 Å². The molecule has 1 saturated heterocycles. The van der Waals surface area contributed by atoms with Crippen molar-refractivity contribution < 1.29 is 4.74 Å². The number of piperidine rings is 1. The summed E-state index contributed by atoms with van der Waals surface area (Å²) in [6.07, 6.45) is 4.47. The first-order chi connectivity index (χ1) is 8.81. The van der Waals surface area contributed by atoms with Gasteiger partial charge in [0.05, 0.1) is 6.61 Å². The molecule has 0 spiro atoms. The maximum Gasteiger partial charge on any atom is 0.120 e. The highest BCUT2D eigenvalue weighted by atomic mass is 16.5.